The Bertz CT molecular complexity index is 1090. The van der Waals surface area contributed by atoms with E-state index in [0.717, 1.165) is 22.3 Å². The van der Waals surface area contributed by atoms with Crippen LogP contribution in [0.5, 0.6) is 5.75 Å². The van der Waals surface area contributed by atoms with Crippen molar-refractivity contribution in [1.29, 1.82) is 0 Å². The lowest BCUT2D eigenvalue weighted by Crippen LogP contribution is -2.14. The van der Waals surface area contributed by atoms with Gasteiger partial charge in [0, 0.05) is 22.7 Å². The Hall–Kier alpha value is -3.13. The minimum absolute atomic E-state index is 0.0294. The van der Waals surface area contributed by atoms with Crippen LogP contribution in [-0.4, -0.2) is 43.3 Å². The van der Waals surface area contributed by atoms with E-state index in [1.165, 1.54) is 11.8 Å². The molecule has 0 fully saturated rings. The predicted molar refractivity (Wildman–Crippen MR) is 104 cm³/mol. The molecule has 2 aromatic heterocycles. The molecule has 0 aliphatic rings. The van der Waals surface area contributed by atoms with E-state index in [1.54, 1.807) is 18.0 Å². The van der Waals surface area contributed by atoms with Gasteiger partial charge in [0.2, 0.25) is 5.16 Å². The number of hydrogen-bond acceptors (Lipinski definition) is 6. The number of ether oxygens (including phenoxy) is 1. The number of nitrogens with one attached hydrogen (secondary N) is 1. The van der Waals surface area contributed by atoms with Gasteiger partial charge in [0.1, 0.15) is 5.75 Å². The fraction of sp³-hybridized carbons (Fsp3) is 0.158. The molecule has 2 aromatic carbocycles. The Kier molecular flexibility index (Phi) is 4.64. The fourth-order valence-corrected chi connectivity index (χ4v) is 3.72. The minimum atomic E-state index is -0.341. The molecule has 0 bridgehead atoms. The highest BCUT2D eigenvalue weighted by Gasteiger charge is 2.22. The van der Waals surface area contributed by atoms with Gasteiger partial charge in [0.05, 0.1) is 18.0 Å². The monoisotopic (exact) mass is 379 g/mol. The number of aromatic nitrogens is 5. The summed E-state index contributed by atoms with van der Waals surface area (Å²) in [6, 6.07) is 15.2. The molecular formula is C19H17N5O2S. The van der Waals surface area contributed by atoms with E-state index >= 15 is 0 Å². The molecule has 2 heterocycles. The van der Waals surface area contributed by atoms with Crippen molar-refractivity contribution in [2.24, 2.45) is 0 Å². The summed E-state index contributed by atoms with van der Waals surface area (Å²) >= 11 is 1.33. The average molecular weight is 379 g/mol. The number of fused-ring (bicyclic) bond motifs is 1. The van der Waals surface area contributed by atoms with E-state index < -0.39 is 0 Å². The Balaban J connectivity index is 1.57. The lowest BCUT2D eigenvalue weighted by molar-refractivity contribution is 0.0995. The smallest absolute Gasteiger partial charge is 0.214 e. The number of ketones is 1. The van der Waals surface area contributed by atoms with E-state index in [0.29, 0.717) is 10.7 Å². The van der Waals surface area contributed by atoms with Gasteiger partial charge in [-0.2, -0.15) is 4.68 Å². The Morgan fingerprint density at radius 2 is 1.96 bits per heavy atom. The number of hydrogen-bond donors (Lipinski definition) is 1. The van der Waals surface area contributed by atoms with Crippen molar-refractivity contribution in [1.82, 2.24) is 25.2 Å². The number of para-hydroxylation sites is 1. The van der Waals surface area contributed by atoms with Gasteiger partial charge in [-0.25, -0.2) is 0 Å². The summed E-state index contributed by atoms with van der Waals surface area (Å²) < 4.78 is 6.79. The second kappa shape index (κ2) is 7.24. The van der Waals surface area contributed by atoms with E-state index in [1.807, 2.05) is 55.5 Å². The van der Waals surface area contributed by atoms with Gasteiger partial charge in [-0.1, -0.05) is 30.0 Å². The summed E-state index contributed by atoms with van der Waals surface area (Å²) in [5.74, 6) is 0.783. The number of thioether (sulfide) groups is 1. The summed E-state index contributed by atoms with van der Waals surface area (Å²) in [6.07, 6.45) is 1.76. The third-order valence-corrected chi connectivity index (χ3v) is 5.30. The summed E-state index contributed by atoms with van der Waals surface area (Å²) in [5, 5.41) is 13.0. The normalized spacial score (nSPS) is 12.2. The zero-order valence-corrected chi connectivity index (χ0v) is 15.6. The number of rotatable bonds is 6. The molecule has 0 saturated carbocycles. The van der Waals surface area contributed by atoms with Crippen LogP contribution in [0.2, 0.25) is 0 Å². The SMILES string of the molecule is COc1ccc(-n2nnnc2S[C@H](C)C(=O)c2c[nH]c3ccccc23)cc1. The summed E-state index contributed by atoms with van der Waals surface area (Å²) in [5.41, 5.74) is 2.42. The largest absolute Gasteiger partial charge is 0.497 e. The maximum atomic E-state index is 12.9. The van der Waals surface area contributed by atoms with Gasteiger partial charge in [0.15, 0.2) is 5.78 Å². The number of carbonyl (C=O) groups is 1. The number of methoxy groups -OCH3 is 1. The maximum Gasteiger partial charge on any atom is 0.214 e. The Morgan fingerprint density at radius 1 is 1.19 bits per heavy atom. The summed E-state index contributed by atoms with van der Waals surface area (Å²) in [4.78, 5) is 16.1. The highest BCUT2D eigenvalue weighted by molar-refractivity contribution is 8.00. The summed E-state index contributed by atoms with van der Waals surface area (Å²) in [7, 11) is 1.62. The molecule has 7 nitrogen and oxygen atoms in total. The van der Waals surface area contributed by atoms with Crippen molar-refractivity contribution in [3.63, 3.8) is 0 Å². The molecule has 0 saturated heterocycles. The topological polar surface area (TPSA) is 85.7 Å². The molecule has 1 atom stereocenters. The van der Waals surface area contributed by atoms with E-state index in [4.69, 9.17) is 4.74 Å². The second-order valence-corrected chi connectivity index (χ2v) is 7.25. The number of benzene rings is 2. The van der Waals surface area contributed by atoms with Crippen molar-refractivity contribution < 1.29 is 9.53 Å². The second-order valence-electron chi connectivity index (χ2n) is 5.94. The fourth-order valence-electron chi connectivity index (χ4n) is 2.84. The lowest BCUT2D eigenvalue weighted by atomic mass is 10.1. The highest BCUT2D eigenvalue weighted by Crippen LogP contribution is 2.28. The molecule has 0 aliphatic heterocycles. The third kappa shape index (κ3) is 3.31. The van der Waals surface area contributed by atoms with Crippen LogP contribution < -0.4 is 4.74 Å². The molecule has 0 aliphatic carbocycles. The van der Waals surface area contributed by atoms with Crippen LogP contribution in [0.25, 0.3) is 16.6 Å². The van der Waals surface area contributed by atoms with Gasteiger partial charge >= 0.3 is 0 Å². The van der Waals surface area contributed by atoms with Crippen molar-refractivity contribution in [2.45, 2.75) is 17.3 Å². The van der Waals surface area contributed by atoms with Crippen molar-refractivity contribution in [3.8, 4) is 11.4 Å². The number of H-pyrrole nitrogens is 1. The van der Waals surface area contributed by atoms with Gasteiger partial charge in [-0.05, 0) is 47.7 Å². The molecule has 136 valence electrons. The Labute approximate surface area is 159 Å². The van der Waals surface area contributed by atoms with E-state index in [9.17, 15) is 4.79 Å². The number of tetrazole rings is 1. The van der Waals surface area contributed by atoms with Crippen LogP contribution in [0.4, 0.5) is 0 Å². The number of aromatic amines is 1. The van der Waals surface area contributed by atoms with Crippen LogP contribution in [0.15, 0.2) is 59.9 Å². The van der Waals surface area contributed by atoms with Crippen LogP contribution in [0.3, 0.4) is 0 Å². The quantitative estimate of drug-likeness (QED) is 0.407. The Morgan fingerprint density at radius 3 is 2.74 bits per heavy atom. The maximum absolute atomic E-state index is 12.9. The van der Waals surface area contributed by atoms with Crippen LogP contribution in [0, 0.1) is 0 Å². The van der Waals surface area contributed by atoms with Gasteiger partial charge in [0.25, 0.3) is 0 Å². The van der Waals surface area contributed by atoms with Crippen LogP contribution >= 0.6 is 11.8 Å². The number of carbonyl (C=O) groups excluding carboxylic acids is 1. The number of nitrogens with zero attached hydrogens (tertiary/aromatic N) is 4. The molecular weight excluding hydrogens is 362 g/mol. The molecule has 0 amide bonds. The van der Waals surface area contributed by atoms with E-state index in [2.05, 4.69) is 20.5 Å². The molecule has 0 spiro atoms. The van der Waals surface area contributed by atoms with Crippen molar-refractivity contribution >= 4 is 28.4 Å². The summed E-state index contributed by atoms with van der Waals surface area (Å²) in [6.45, 7) is 1.86. The van der Waals surface area contributed by atoms with Crippen molar-refractivity contribution in [3.05, 3.63) is 60.3 Å². The third-order valence-electron chi connectivity index (χ3n) is 4.26. The van der Waals surface area contributed by atoms with Crippen LogP contribution in [0.1, 0.15) is 17.3 Å². The molecule has 0 unspecified atom stereocenters. The van der Waals surface area contributed by atoms with Crippen molar-refractivity contribution in [2.75, 3.05) is 7.11 Å². The first-order valence-corrected chi connectivity index (χ1v) is 9.25. The molecule has 27 heavy (non-hydrogen) atoms. The van der Waals surface area contributed by atoms with Gasteiger partial charge < -0.3 is 9.72 Å². The van der Waals surface area contributed by atoms with E-state index in [-0.39, 0.29) is 11.0 Å². The zero-order valence-electron chi connectivity index (χ0n) is 14.8. The molecule has 8 heteroatoms. The standard InChI is InChI=1S/C19H17N5O2S/c1-12(18(25)16-11-20-17-6-4-3-5-15(16)17)27-19-21-22-23-24(19)13-7-9-14(26-2)10-8-13/h3-12,20H,1-2H3/t12-/m1/s1. The lowest BCUT2D eigenvalue weighted by Gasteiger charge is -2.10. The first-order chi connectivity index (χ1) is 13.2. The van der Waals surface area contributed by atoms with Crippen LogP contribution in [-0.2, 0) is 0 Å². The van der Waals surface area contributed by atoms with Gasteiger partial charge in [-0.3, -0.25) is 4.79 Å². The zero-order chi connectivity index (χ0) is 18.8. The predicted octanol–water partition coefficient (Wildman–Crippen LogP) is 3.52. The first-order valence-electron chi connectivity index (χ1n) is 8.37. The first kappa shape index (κ1) is 17.3. The average Bonchev–Trinajstić information content (AvgIpc) is 3.34. The molecule has 0 radical (unpaired) electrons. The minimum Gasteiger partial charge on any atom is -0.497 e. The molecule has 4 rings (SSSR count). The number of Topliss-reactive ketones (excluding diaryl/α,β-unsaturated/α-hetero) is 1. The molecule has 1 N–H and O–H groups in total. The highest BCUT2D eigenvalue weighted by atomic mass is 32.2. The molecule has 4 aromatic rings. The van der Waals surface area contributed by atoms with Gasteiger partial charge in [-0.15, -0.1) is 5.10 Å².